The molecule has 2 aromatic carbocycles. The van der Waals surface area contributed by atoms with Crippen LogP contribution in [-0.4, -0.2) is 44.8 Å². The van der Waals surface area contributed by atoms with Gasteiger partial charge in [0.2, 0.25) is 5.91 Å². The second-order valence-corrected chi connectivity index (χ2v) is 6.44. The molecule has 1 saturated heterocycles. The number of carbonyl (C=O) groups is 2. The van der Waals surface area contributed by atoms with Crippen LogP contribution in [0, 0.1) is 0 Å². The molecule has 0 bridgehead atoms. The van der Waals surface area contributed by atoms with E-state index in [-0.39, 0.29) is 18.6 Å². The predicted molar refractivity (Wildman–Crippen MR) is 106 cm³/mol. The summed E-state index contributed by atoms with van der Waals surface area (Å²) in [6.07, 6.45) is 2.32. The van der Waals surface area contributed by atoms with Crippen LogP contribution in [0.4, 0.5) is 11.4 Å². The molecule has 7 heteroatoms. The molecular formula is C21H24N2O5. The largest absolute Gasteiger partial charge is 0.491 e. The molecule has 2 aromatic rings. The number of nitrogens with one attached hydrogen (secondary N) is 2. The Labute approximate surface area is 164 Å². The molecule has 28 heavy (non-hydrogen) atoms. The minimum atomic E-state index is -0.414. The molecule has 0 radical (unpaired) electrons. The maximum atomic E-state index is 12.1. The number of benzene rings is 2. The van der Waals surface area contributed by atoms with Crippen LogP contribution >= 0.6 is 0 Å². The van der Waals surface area contributed by atoms with E-state index in [1.54, 1.807) is 24.3 Å². The zero-order chi connectivity index (χ0) is 19.8. The van der Waals surface area contributed by atoms with Gasteiger partial charge in [0, 0.05) is 18.0 Å². The first-order chi connectivity index (χ1) is 13.6. The molecule has 7 nitrogen and oxygen atoms in total. The normalized spacial score (nSPS) is 15.7. The second kappa shape index (κ2) is 9.75. The summed E-state index contributed by atoms with van der Waals surface area (Å²) in [7, 11) is 1.33. The van der Waals surface area contributed by atoms with Crippen molar-refractivity contribution in [1.29, 1.82) is 0 Å². The fraction of sp³-hybridized carbons (Fsp3) is 0.333. The summed E-state index contributed by atoms with van der Waals surface area (Å²) in [6, 6.07) is 14.0. The minimum absolute atomic E-state index is 0.120. The zero-order valence-electron chi connectivity index (χ0n) is 15.8. The number of hydrogen-bond donors (Lipinski definition) is 2. The van der Waals surface area contributed by atoms with E-state index in [0.29, 0.717) is 17.9 Å². The van der Waals surface area contributed by atoms with Gasteiger partial charge in [-0.25, -0.2) is 4.79 Å². The predicted octanol–water partition coefficient (Wildman–Crippen LogP) is 3.08. The van der Waals surface area contributed by atoms with Crippen LogP contribution in [-0.2, 0) is 14.3 Å². The van der Waals surface area contributed by atoms with Crippen LogP contribution in [0.1, 0.15) is 23.2 Å². The minimum Gasteiger partial charge on any atom is -0.491 e. The van der Waals surface area contributed by atoms with E-state index >= 15 is 0 Å². The van der Waals surface area contributed by atoms with Crippen molar-refractivity contribution in [2.24, 2.45) is 0 Å². The fourth-order valence-electron chi connectivity index (χ4n) is 2.83. The molecule has 148 valence electrons. The lowest BCUT2D eigenvalue weighted by atomic mass is 10.2. The number of hydrogen-bond acceptors (Lipinski definition) is 6. The molecule has 2 N–H and O–H groups in total. The van der Waals surface area contributed by atoms with Crippen molar-refractivity contribution in [2.75, 3.05) is 37.5 Å². The Bertz CT molecular complexity index is 783. The monoisotopic (exact) mass is 384 g/mol. The Kier molecular flexibility index (Phi) is 6.86. The van der Waals surface area contributed by atoms with Crippen LogP contribution in [0.5, 0.6) is 5.75 Å². The third kappa shape index (κ3) is 5.72. The third-order valence-corrected chi connectivity index (χ3v) is 4.36. The standard InChI is InChI=1S/C21H24N2O5/c1-26-21(25)15-4-6-17(7-5-15)23-20(24)13-22-16-8-10-18(11-9-16)28-14-19-3-2-12-27-19/h4-11,19,22H,2-3,12-14H2,1H3,(H,23,24). The highest BCUT2D eigenvalue weighted by Gasteiger charge is 2.15. The molecule has 1 atom stereocenters. The van der Waals surface area contributed by atoms with Crippen LogP contribution in [0.25, 0.3) is 0 Å². The van der Waals surface area contributed by atoms with Gasteiger partial charge in [0.15, 0.2) is 0 Å². The summed E-state index contributed by atoms with van der Waals surface area (Å²) in [6.45, 7) is 1.49. The molecule has 0 saturated carbocycles. The van der Waals surface area contributed by atoms with Gasteiger partial charge >= 0.3 is 5.97 Å². The lowest BCUT2D eigenvalue weighted by Gasteiger charge is -2.12. The molecule has 1 aliphatic rings. The summed E-state index contributed by atoms with van der Waals surface area (Å²) < 4.78 is 15.9. The van der Waals surface area contributed by atoms with Gasteiger partial charge in [-0.05, 0) is 61.4 Å². The first-order valence-corrected chi connectivity index (χ1v) is 9.20. The van der Waals surface area contributed by atoms with E-state index in [1.165, 1.54) is 7.11 Å². The summed E-state index contributed by atoms with van der Waals surface area (Å²) >= 11 is 0. The van der Waals surface area contributed by atoms with E-state index in [9.17, 15) is 9.59 Å². The van der Waals surface area contributed by atoms with Crippen LogP contribution in [0.2, 0.25) is 0 Å². The van der Waals surface area contributed by atoms with Crippen molar-refractivity contribution in [3.05, 3.63) is 54.1 Å². The molecule has 1 unspecified atom stereocenters. The molecule has 1 amide bonds. The van der Waals surface area contributed by atoms with E-state index in [1.807, 2.05) is 24.3 Å². The first-order valence-electron chi connectivity index (χ1n) is 9.20. The lowest BCUT2D eigenvalue weighted by Crippen LogP contribution is -2.21. The van der Waals surface area contributed by atoms with Crippen molar-refractivity contribution in [2.45, 2.75) is 18.9 Å². The highest BCUT2D eigenvalue weighted by molar-refractivity contribution is 5.95. The summed E-state index contributed by atoms with van der Waals surface area (Å²) in [5.41, 5.74) is 1.86. The van der Waals surface area contributed by atoms with Crippen LogP contribution in [0.15, 0.2) is 48.5 Å². The van der Waals surface area contributed by atoms with Gasteiger partial charge in [0.05, 0.1) is 25.3 Å². The highest BCUT2D eigenvalue weighted by atomic mass is 16.5. The van der Waals surface area contributed by atoms with E-state index in [2.05, 4.69) is 15.4 Å². The zero-order valence-corrected chi connectivity index (χ0v) is 15.8. The fourth-order valence-corrected chi connectivity index (χ4v) is 2.83. The molecule has 1 aliphatic heterocycles. The Hall–Kier alpha value is -3.06. The maximum Gasteiger partial charge on any atom is 0.337 e. The number of rotatable bonds is 8. The molecule has 0 spiro atoms. The number of amides is 1. The van der Waals surface area contributed by atoms with Crippen LogP contribution in [0.3, 0.4) is 0 Å². The van der Waals surface area contributed by atoms with Crippen molar-refractivity contribution in [1.82, 2.24) is 0 Å². The molecular weight excluding hydrogens is 360 g/mol. The molecule has 1 heterocycles. The Balaban J connectivity index is 1.41. The van der Waals surface area contributed by atoms with E-state index in [0.717, 1.165) is 30.9 Å². The highest BCUT2D eigenvalue weighted by Crippen LogP contribution is 2.18. The maximum absolute atomic E-state index is 12.1. The summed E-state index contributed by atoms with van der Waals surface area (Å²) in [5, 5.41) is 5.83. The van der Waals surface area contributed by atoms with Gasteiger partial charge < -0.3 is 24.8 Å². The Morgan fingerprint density at radius 2 is 1.79 bits per heavy atom. The van der Waals surface area contributed by atoms with Crippen LogP contribution < -0.4 is 15.4 Å². The van der Waals surface area contributed by atoms with Gasteiger partial charge in [-0.1, -0.05) is 0 Å². The number of carbonyl (C=O) groups excluding carboxylic acids is 2. The van der Waals surface area contributed by atoms with Crippen molar-refractivity contribution in [3.63, 3.8) is 0 Å². The topological polar surface area (TPSA) is 85.9 Å². The van der Waals surface area contributed by atoms with Crippen molar-refractivity contribution in [3.8, 4) is 5.75 Å². The molecule has 0 aromatic heterocycles. The number of ether oxygens (including phenoxy) is 3. The average molecular weight is 384 g/mol. The van der Waals surface area contributed by atoms with Gasteiger partial charge in [0.25, 0.3) is 0 Å². The molecule has 3 rings (SSSR count). The van der Waals surface area contributed by atoms with Gasteiger partial charge in [0.1, 0.15) is 12.4 Å². The summed E-state index contributed by atoms with van der Waals surface area (Å²) in [4.78, 5) is 23.5. The van der Waals surface area contributed by atoms with E-state index < -0.39 is 5.97 Å². The quantitative estimate of drug-likeness (QED) is 0.681. The summed E-state index contributed by atoms with van der Waals surface area (Å²) in [5.74, 6) is 0.170. The number of esters is 1. The smallest absolute Gasteiger partial charge is 0.337 e. The SMILES string of the molecule is COC(=O)c1ccc(NC(=O)CNc2ccc(OCC3CCCO3)cc2)cc1. The van der Waals surface area contributed by atoms with Crippen molar-refractivity contribution >= 4 is 23.3 Å². The second-order valence-electron chi connectivity index (χ2n) is 6.44. The van der Waals surface area contributed by atoms with Gasteiger partial charge in [-0.2, -0.15) is 0 Å². The lowest BCUT2D eigenvalue weighted by molar-refractivity contribution is -0.114. The number of methoxy groups -OCH3 is 1. The molecule has 1 fully saturated rings. The third-order valence-electron chi connectivity index (χ3n) is 4.36. The van der Waals surface area contributed by atoms with E-state index in [4.69, 9.17) is 9.47 Å². The van der Waals surface area contributed by atoms with Gasteiger partial charge in [-0.15, -0.1) is 0 Å². The Morgan fingerprint density at radius 3 is 2.43 bits per heavy atom. The average Bonchev–Trinajstić information content (AvgIpc) is 3.25. The number of anilines is 2. The van der Waals surface area contributed by atoms with Gasteiger partial charge in [-0.3, -0.25) is 4.79 Å². The first kappa shape index (κ1) is 19.7. The van der Waals surface area contributed by atoms with Crippen molar-refractivity contribution < 1.29 is 23.8 Å². The molecule has 0 aliphatic carbocycles. The Morgan fingerprint density at radius 1 is 1.07 bits per heavy atom.